The molecule has 2 aromatic rings. The van der Waals surface area contributed by atoms with Crippen molar-refractivity contribution < 1.29 is 22.8 Å². The van der Waals surface area contributed by atoms with Crippen LogP contribution in [0.3, 0.4) is 0 Å². The van der Waals surface area contributed by atoms with E-state index in [0.29, 0.717) is 32.2 Å². The van der Waals surface area contributed by atoms with E-state index in [1.807, 2.05) is 32.0 Å². The van der Waals surface area contributed by atoms with Crippen molar-refractivity contribution in [1.82, 2.24) is 4.90 Å². The van der Waals surface area contributed by atoms with E-state index in [2.05, 4.69) is 10.2 Å². The van der Waals surface area contributed by atoms with E-state index in [1.165, 1.54) is 22.1 Å². The third kappa shape index (κ3) is 4.70. The van der Waals surface area contributed by atoms with Gasteiger partial charge in [-0.3, -0.25) is 9.59 Å². The fourth-order valence-electron chi connectivity index (χ4n) is 3.38. The molecule has 1 aliphatic rings. The van der Waals surface area contributed by atoms with Crippen LogP contribution in [-0.2, 0) is 15.8 Å². The number of hydrogen-bond acceptors (Lipinski definition) is 3. The molecule has 0 aromatic heterocycles. The number of piperazine rings is 1. The first-order valence-corrected chi connectivity index (χ1v) is 9.74. The average Bonchev–Trinajstić information content (AvgIpc) is 2.70. The second-order valence-corrected chi connectivity index (χ2v) is 7.55. The number of amides is 2. The van der Waals surface area contributed by atoms with Gasteiger partial charge in [0.2, 0.25) is 0 Å². The zero-order chi connectivity index (χ0) is 22.1. The number of nitrogens with zero attached hydrogens (tertiary/aromatic N) is 2. The molecule has 0 saturated carbocycles. The maximum atomic E-state index is 13.0. The highest BCUT2D eigenvalue weighted by Crippen LogP contribution is 2.36. The van der Waals surface area contributed by atoms with E-state index in [-0.39, 0.29) is 5.69 Å². The van der Waals surface area contributed by atoms with Gasteiger partial charge >= 0.3 is 18.0 Å². The van der Waals surface area contributed by atoms with Crippen molar-refractivity contribution in [2.75, 3.05) is 36.4 Å². The Balaban J connectivity index is 1.63. The van der Waals surface area contributed by atoms with Gasteiger partial charge in [0.05, 0.1) is 10.6 Å². The van der Waals surface area contributed by atoms with Crippen molar-refractivity contribution in [2.45, 2.75) is 20.0 Å². The minimum atomic E-state index is -4.66. The molecule has 30 heavy (non-hydrogen) atoms. The molecule has 9 heteroatoms. The topological polar surface area (TPSA) is 52.7 Å². The van der Waals surface area contributed by atoms with Crippen LogP contribution in [0.5, 0.6) is 0 Å². The lowest BCUT2D eigenvalue weighted by Crippen LogP contribution is -2.51. The first-order chi connectivity index (χ1) is 14.1. The van der Waals surface area contributed by atoms with Crippen LogP contribution in [-0.4, -0.2) is 42.9 Å². The molecule has 2 amide bonds. The van der Waals surface area contributed by atoms with E-state index in [9.17, 15) is 22.8 Å². The van der Waals surface area contributed by atoms with Crippen molar-refractivity contribution in [3.63, 3.8) is 0 Å². The summed E-state index contributed by atoms with van der Waals surface area (Å²) >= 11 is 5.57. The Morgan fingerprint density at radius 2 is 1.70 bits per heavy atom. The Hall–Kier alpha value is -2.74. The Bertz CT molecular complexity index is 970. The summed E-state index contributed by atoms with van der Waals surface area (Å²) in [6, 6.07) is 9.00. The molecular weight excluding hydrogens is 419 g/mol. The molecule has 1 N–H and O–H groups in total. The molecule has 1 saturated heterocycles. The van der Waals surface area contributed by atoms with Gasteiger partial charge in [-0.15, -0.1) is 0 Å². The number of hydrogen-bond donors (Lipinski definition) is 1. The summed E-state index contributed by atoms with van der Waals surface area (Å²) in [5.74, 6) is -1.76. The summed E-state index contributed by atoms with van der Waals surface area (Å²) in [5.41, 5.74) is 2.22. The Labute approximate surface area is 177 Å². The van der Waals surface area contributed by atoms with E-state index >= 15 is 0 Å². The predicted octanol–water partition coefficient (Wildman–Crippen LogP) is 4.26. The van der Waals surface area contributed by atoms with Crippen molar-refractivity contribution in [1.29, 1.82) is 0 Å². The molecule has 0 bridgehead atoms. The minimum absolute atomic E-state index is 0.140. The molecule has 2 aromatic carbocycles. The summed E-state index contributed by atoms with van der Waals surface area (Å²) in [5, 5.41) is 1.76. The molecule has 160 valence electrons. The lowest BCUT2D eigenvalue weighted by atomic mass is 10.1. The third-order valence-electron chi connectivity index (χ3n) is 5.21. The van der Waals surface area contributed by atoms with Gasteiger partial charge in [0.15, 0.2) is 0 Å². The minimum Gasteiger partial charge on any atom is -0.368 e. The molecule has 0 radical (unpaired) electrons. The van der Waals surface area contributed by atoms with Crippen LogP contribution in [0.1, 0.15) is 16.7 Å². The largest absolute Gasteiger partial charge is 0.417 e. The predicted molar refractivity (Wildman–Crippen MR) is 110 cm³/mol. The number of carbonyl (C=O) groups is 2. The van der Waals surface area contributed by atoms with Crippen molar-refractivity contribution >= 4 is 34.8 Å². The molecule has 3 rings (SSSR count). The van der Waals surface area contributed by atoms with Crippen molar-refractivity contribution in [3.05, 3.63) is 58.1 Å². The Kier molecular flexibility index (Phi) is 6.26. The van der Waals surface area contributed by atoms with Gasteiger partial charge in [-0.2, -0.15) is 13.2 Å². The van der Waals surface area contributed by atoms with Gasteiger partial charge in [0.25, 0.3) is 0 Å². The molecule has 1 heterocycles. The summed E-state index contributed by atoms with van der Waals surface area (Å²) in [7, 11) is 0. The van der Waals surface area contributed by atoms with E-state index in [4.69, 9.17) is 11.6 Å². The summed E-state index contributed by atoms with van der Waals surface area (Å²) in [6.45, 7) is 5.87. The molecule has 5 nitrogen and oxygen atoms in total. The van der Waals surface area contributed by atoms with Crippen molar-refractivity contribution in [2.24, 2.45) is 0 Å². The highest BCUT2D eigenvalue weighted by atomic mass is 35.5. The molecule has 1 fully saturated rings. The lowest BCUT2D eigenvalue weighted by Gasteiger charge is -2.36. The molecule has 0 unspecified atom stereocenters. The second-order valence-electron chi connectivity index (χ2n) is 7.14. The van der Waals surface area contributed by atoms with Crippen LogP contribution in [0.4, 0.5) is 24.5 Å². The van der Waals surface area contributed by atoms with Gasteiger partial charge in [-0.1, -0.05) is 23.7 Å². The number of alkyl halides is 3. The van der Waals surface area contributed by atoms with Gasteiger partial charge in [0.1, 0.15) is 0 Å². The fourth-order valence-corrected chi connectivity index (χ4v) is 3.60. The normalized spacial score (nSPS) is 14.6. The quantitative estimate of drug-likeness (QED) is 0.711. The smallest absolute Gasteiger partial charge is 0.368 e. The number of nitrogens with one attached hydrogen (secondary N) is 1. The Morgan fingerprint density at radius 3 is 2.33 bits per heavy atom. The number of anilines is 2. The first-order valence-electron chi connectivity index (χ1n) is 9.36. The maximum Gasteiger partial charge on any atom is 0.417 e. The first kappa shape index (κ1) is 22.0. The summed E-state index contributed by atoms with van der Waals surface area (Å²) < 4.78 is 38.9. The van der Waals surface area contributed by atoms with Crippen LogP contribution >= 0.6 is 11.6 Å². The molecule has 1 aliphatic heterocycles. The van der Waals surface area contributed by atoms with Gasteiger partial charge in [-0.05, 0) is 49.2 Å². The average molecular weight is 440 g/mol. The SMILES string of the molecule is Cc1cccc(N2CCN(C(=O)C(=O)Nc3ccc(Cl)c(C(F)(F)F)c3)CC2)c1C. The number of carbonyl (C=O) groups excluding carboxylic acids is 2. The van der Waals surface area contributed by atoms with E-state index < -0.39 is 28.6 Å². The van der Waals surface area contributed by atoms with Gasteiger partial charge in [0, 0.05) is 37.6 Å². The van der Waals surface area contributed by atoms with E-state index in [1.54, 1.807) is 0 Å². The summed E-state index contributed by atoms with van der Waals surface area (Å²) in [4.78, 5) is 28.3. The van der Waals surface area contributed by atoms with Gasteiger partial charge in [-0.25, -0.2) is 0 Å². The fraction of sp³-hybridized carbons (Fsp3) is 0.333. The van der Waals surface area contributed by atoms with Crippen LogP contribution in [0, 0.1) is 13.8 Å². The molecule has 0 atom stereocenters. The molecule has 0 spiro atoms. The molecular formula is C21H21ClF3N3O2. The van der Waals surface area contributed by atoms with Crippen LogP contribution in [0.15, 0.2) is 36.4 Å². The van der Waals surface area contributed by atoms with Crippen LogP contribution < -0.4 is 10.2 Å². The maximum absolute atomic E-state index is 13.0. The van der Waals surface area contributed by atoms with E-state index in [0.717, 1.165) is 11.8 Å². The monoisotopic (exact) mass is 439 g/mol. The number of rotatable bonds is 2. The van der Waals surface area contributed by atoms with Gasteiger partial charge < -0.3 is 15.1 Å². The summed E-state index contributed by atoms with van der Waals surface area (Å²) in [6.07, 6.45) is -4.66. The zero-order valence-corrected chi connectivity index (χ0v) is 17.3. The standard InChI is InChI=1S/C21H21ClF3N3O2/c1-13-4-3-5-18(14(13)2)27-8-10-28(11-9-27)20(30)19(29)26-15-6-7-17(22)16(12-15)21(23,24)25/h3-7,12H,8-11H2,1-2H3,(H,26,29). The lowest BCUT2D eigenvalue weighted by molar-refractivity contribution is -0.143. The number of benzene rings is 2. The Morgan fingerprint density at radius 1 is 1.03 bits per heavy atom. The molecule has 0 aliphatic carbocycles. The zero-order valence-electron chi connectivity index (χ0n) is 16.5. The van der Waals surface area contributed by atoms with Crippen LogP contribution in [0.25, 0.3) is 0 Å². The highest BCUT2D eigenvalue weighted by molar-refractivity contribution is 6.39. The number of halogens is 4. The second kappa shape index (κ2) is 8.55. The van der Waals surface area contributed by atoms with Crippen molar-refractivity contribution in [3.8, 4) is 0 Å². The highest BCUT2D eigenvalue weighted by Gasteiger charge is 2.34. The third-order valence-corrected chi connectivity index (χ3v) is 5.54. The van der Waals surface area contributed by atoms with Crippen LogP contribution in [0.2, 0.25) is 5.02 Å². The number of aryl methyl sites for hydroxylation is 1.